The number of pyridine rings is 1. The predicted molar refractivity (Wildman–Crippen MR) is 193 cm³/mol. The summed E-state index contributed by atoms with van der Waals surface area (Å²) in [7, 11) is 0. The first-order valence-electron chi connectivity index (χ1n) is 17.3. The molecule has 3 aliphatic heterocycles. The fourth-order valence-electron chi connectivity index (χ4n) is 8.62. The van der Waals surface area contributed by atoms with Crippen LogP contribution in [0.25, 0.3) is 32.9 Å². The summed E-state index contributed by atoms with van der Waals surface area (Å²) in [5.74, 6) is 0.210. The Morgan fingerprint density at radius 2 is 2.06 bits per heavy atom. The van der Waals surface area contributed by atoms with Gasteiger partial charge in [-0.3, -0.25) is 4.79 Å². The maximum atomic E-state index is 17.1. The van der Waals surface area contributed by atoms with Crippen LogP contribution in [0, 0.1) is 35.9 Å². The van der Waals surface area contributed by atoms with Crippen molar-refractivity contribution in [3.8, 4) is 17.2 Å². The Hall–Kier alpha value is -3.59. The molecule has 1 amide bonds. The molecular weight excluding hydrogens is 694 g/mol. The molecule has 0 spiro atoms. The third kappa shape index (κ3) is 5.24. The summed E-state index contributed by atoms with van der Waals surface area (Å²) >= 11 is 14.5. The molecule has 8 nitrogen and oxygen atoms in total. The average molecular weight is 730 g/mol. The van der Waals surface area contributed by atoms with Crippen molar-refractivity contribution < 1.29 is 13.9 Å². The molecule has 2 aliphatic carbocycles. The summed E-state index contributed by atoms with van der Waals surface area (Å²) in [6, 6.07) is 13.9. The van der Waals surface area contributed by atoms with Gasteiger partial charge in [0.25, 0.3) is 0 Å². The van der Waals surface area contributed by atoms with Crippen LogP contribution in [0.15, 0.2) is 42.6 Å². The number of carbonyl (C=O) groups is 1. The topological polar surface area (TPSA) is 96.1 Å². The third-order valence-electron chi connectivity index (χ3n) is 11.2. The molecule has 3 saturated heterocycles. The largest absolute Gasteiger partial charge is 0.371 e. The Kier molecular flexibility index (Phi) is 8.13. The van der Waals surface area contributed by atoms with Crippen LogP contribution in [0.4, 0.5) is 4.39 Å². The monoisotopic (exact) mass is 728 g/mol. The lowest BCUT2D eigenvalue weighted by Crippen LogP contribution is -2.41. The Morgan fingerprint density at radius 1 is 1.20 bits per heavy atom. The van der Waals surface area contributed by atoms with Crippen LogP contribution >= 0.6 is 34.7 Å². The van der Waals surface area contributed by atoms with E-state index in [2.05, 4.69) is 31.3 Å². The minimum absolute atomic E-state index is 0.0647. The van der Waals surface area contributed by atoms with Crippen LogP contribution in [-0.2, 0) is 22.6 Å². The van der Waals surface area contributed by atoms with Gasteiger partial charge >= 0.3 is 0 Å². The standard InChI is InChI=1S/C38H35Cl2FN6O2S/c1-19-26-15-31(30-14-23(49-18-24-9-11-44-50-24)17-46(30)38(48)20-7-8-20)47(36-22-13-29(36)43-16-22)37(26)27-12-21(4-3-10-42)32(34(41)35(27)45-19)25-5-2-6-28(39)33(25)40/h2,5-6,9,11-12,15,20,22-23,29-30,36,43H,3-4,7-8,13-14,16-18H2,1H3/t22-,23+,29-,30-,36+/m1/s1. The van der Waals surface area contributed by atoms with Crippen molar-refractivity contribution in [3.63, 3.8) is 0 Å². The highest BCUT2D eigenvalue weighted by molar-refractivity contribution is 7.05. The molecule has 2 aromatic carbocycles. The van der Waals surface area contributed by atoms with Gasteiger partial charge in [-0.15, -0.1) is 0 Å². The zero-order valence-corrected chi connectivity index (χ0v) is 29.8. The Balaban J connectivity index is 1.25. The van der Waals surface area contributed by atoms with Crippen LogP contribution < -0.4 is 5.32 Å². The van der Waals surface area contributed by atoms with E-state index in [1.54, 1.807) is 24.4 Å². The summed E-state index contributed by atoms with van der Waals surface area (Å²) < 4.78 is 30.2. The summed E-state index contributed by atoms with van der Waals surface area (Å²) in [6.45, 7) is 3.85. The smallest absolute Gasteiger partial charge is 0.226 e. The zero-order chi connectivity index (χ0) is 34.3. The minimum Gasteiger partial charge on any atom is -0.371 e. The molecule has 5 aromatic rings. The molecule has 1 N–H and O–H groups in total. The van der Waals surface area contributed by atoms with Gasteiger partial charge < -0.3 is 19.5 Å². The van der Waals surface area contributed by atoms with Crippen molar-refractivity contribution in [3.05, 3.63) is 80.3 Å². The molecule has 3 aromatic heterocycles. The van der Waals surface area contributed by atoms with Crippen LogP contribution in [-0.4, -0.2) is 50.0 Å². The lowest BCUT2D eigenvalue weighted by molar-refractivity contribution is -0.134. The quantitative estimate of drug-likeness (QED) is 0.164. The number of amides is 1. The molecule has 10 rings (SSSR count). The number of halogens is 3. The van der Waals surface area contributed by atoms with Crippen molar-refractivity contribution >= 4 is 62.4 Å². The highest BCUT2D eigenvalue weighted by Crippen LogP contribution is 2.51. The van der Waals surface area contributed by atoms with E-state index in [-0.39, 0.29) is 53.0 Å². The van der Waals surface area contributed by atoms with Crippen molar-refractivity contribution in [2.45, 2.75) is 76.3 Å². The lowest BCUT2D eigenvalue weighted by Gasteiger charge is -2.39. The number of carbonyl (C=O) groups excluding carboxylic acids is 1. The number of nitrogens with one attached hydrogen (secondary N) is 1. The summed E-state index contributed by atoms with van der Waals surface area (Å²) in [4.78, 5) is 21.9. The number of nitriles is 1. The molecule has 0 unspecified atom stereocenters. The van der Waals surface area contributed by atoms with Crippen molar-refractivity contribution in [1.29, 1.82) is 5.26 Å². The second-order valence-corrected chi connectivity index (χ2v) is 15.9. The predicted octanol–water partition coefficient (Wildman–Crippen LogP) is 8.33. The van der Waals surface area contributed by atoms with E-state index in [1.807, 2.05) is 19.1 Å². The van der Waals surface area contributed by atoms with Crippen LogP contribution in [0.1, 0.15) is 66.0 Å². The van der Waals surface area contributed by atoms with Crippen molar-refractivity contribution in [2.75, 3.05) is 13.1 Å². The third-order valence-corrected chi connectivity index (χ3v) is 12.7. The van der Waals surface area contributed by atoms with Gasteiger partial charge in [-0.2, -0.15) is 5.26 Å². The van der Waals surface area contributed by atoms with Crippen molar-refractivity contribution in [2.24, 2.45) is 11.8 Å². The lowest BCUT2D eigenvalue weighted by atomic mass is 9.79. The molecule has 50 heavy (non-hydrogen) atoms. The highest BCUT2D eigenvalue weighted by Gasteiger charge is 2.51. The minimum atomic E-state index is -0.475. The van der Waals surface area contributed by atoms with Gasteiger partial charge in [0.2, 0.25) is 5.91 Å². The molecule has 0 radical (unpaired) electrons. The van der Waals surface area contributed by atoms with Gasteiger partial charge in [0, 0.05) is 77.4 Å². The number of likely N-dealkylation sites (tertiary alicyclic amines) is 1. The molecular formula is C38H35Cl2FN6O2S. The van der Waals surface area contributed by atoms with E-state index in [1.165, 1.54) is 11.5 Å². The second kappa shape index (κ2) is 12.6. The Morgan fingerprint density at radius 3 is 2.78 bits per heavy atom. The van der Waals surface area contributed by atoms with Gasteiger partial charge in [0.1, 0.15) is 5.52 Å². The molecule has 256 valence electrons. The summed E-state index contributed by atoms with van der Waals surface area (Å²) in [5, 5.41) is 15.5. The summed E-state index contributed by atoms with van der Waals surface area (Å²) in [6.07, 6.45) is 5.81. The van der Waals surface area contributed by atoms with Gasteiger partial charge in [0.15, 0.2) is 5.82 Å². The molecule has 2 bridgehead atoms. The first kappa shape index (κ1) is 32.3. The fraction of sp³-hybridized carbons (Fsp3) is 0.421. The molecule has 5 fully saturated rings. The first-order valence-corrected chi connectivity index (χ1v) is 18.9. The Bertz CT molecular complexity index is 2200. The molecule has 2 saturated carbocycles. The number of nitrogens with zero attached hydrogens (tertiary/aromatic N) is 5. The number of benzene rings is 2. The highest BCUT2D eigenvalue weighted by atomic mass is 35.5. The number of aryl methyl sites for hydroxylation is 2. The first-order chi connectivity index (χ1) is 24.3. The van der Waals surface area contributed by atoms with Crippen LogP contribution in [0.5, 0.6) is 0 Å². The number of hydrogen-bond acceptors (Lipinski definition) is 7. The number of fused-ring (bicyclic) bond motifs is 4. The second-order valence-electron chi connectivity index (χ2n) is 14.2. The molecule has 6 heterocycles. The van der Waals surface area contributed by atoms with E-state index in [4.69, 9.17) is 32.9 Å². The summed E-state index contributed by atoms with van der Waals surface area (Å²) in [5.41, 5.74) is 4.45. The zero-order valence-electron chi connectivity index (χ0n) is 27.5. The van der Waals surface area contributed by atoms with Gasteiger partial charge in [-0.1, -0.05) is 35.3 Å². The average Bonchev–Trinajstić information content (AvgIpc) is 3.62. The fourth-order valence-corrected chi connectivity index (χ4v) is 9.52. The van der Waals surface area contributed by atoms with E-state index >= 15 is 4.39 Å². The Labute approximate surface area is 303 Å². The number of rotatable bonds is 9. The van der Waals surface area contributed by atoms with E-state index in [9.17, 15) is 10.1 Å². The van der Waals surface area contributed by atoms with E-state index in [0.717, 1.165) is 53.0 Å². The van der Waals surface area contributed by atoms with E-state index < -0.39 is 5.82 Å². The van der Waals surface area contributed by atoms with Gasteiger partial charge in [-0.05, 0) is 79.9 Å². The molecule has 12 heteroatoms. The number of ether oxygens (including phenoxy) is 1. The maximum absolute atomic E-state index is 17.1. The molecule has 5 aliphatic rings. The van der Waals surface area contributed by atoms with Crippen LogP contribution in [0.2, 0.25) is 10.0 Å². The molecule has 5 atom stereocenters. The van der Waals surface area contributed by atoms with Gasteiger partial charge in [-0.25, -0.2) is 13.7 Å². The number of aromatic nitrogens is 3. The maximum Gasteiger partial charge on any atom is 0.226 e. The van der Waals surface area contributed by atoms with Crippen molar-refractivity contribution in [1.82, 2.24) is 24.1 Å². The SMILES string of the molecule is Cc1nc2c(F)c(-c3cccc(Cl)c3Cl)c(CCC#N)cc2c2c1cc([C@H]1C[C@H](OCc3ccns3)CN1C(=O)C1CC1)n2[C@H]1[C@H]2CN[C@@H]1C2. The normalized spacial score (nSPS) is 24.3. The number of hydrogen-bond donors (Lipinski definition) is 1. The van der Waals surface area contributed by atoms with E-state index in [0.29, 0.717) is 59.0 Å². The van der Waals surface area contributed by atoms with Crippen LogP contribution in [0.3, 0.4) is 0 Å². The van der Waals surface area contributed by atoms with Gasteiger partial charge in [0.05, 0.1) is 51.3 Å².